The van der Waals surface area contributed by atoms with Crippen LogP contribution in [0.5, 0.6) is 0 Å². The number of nitrogens with two attached hydrogens (primary N) is 1. The molecule has 0 saturated carbocycles. The van der Waals surface area contributed by atoms with Gasteiger partial charge in [-0.05, 0) is 28.5 Å². The molecule has 10 nitrogen and oxygen atoms in total. The van der Waals surface area contributed by atoms with Crippen molar-refractivity contribution in [2.24, 2.45) is 5.73 Å². The third-order valence-corrected chi connectivity index (χ3v) is 4.45. The molecule has 0 heterocycles. The lowest BCUT2D eigenvalue weighted by atomic mass is 9.69. The van der Waals surface area contributed by atoms with Gasteiger partial charge in [-0.2, -0.15) is 0 Å². The predicted octanol–water partition coefficient (Wildman–Crippen LogP) is -1.07. The summed E-state index contributed by atoms with van der Waals surface area (Å²) in [5, 5.41) is 42.6. The molecule has 0 spiro atoms. The number of aliphatic hydroxyl groups excluding tert-OH is 3. The number of hydrogen-bond acceptors (Lipinski definition) is 7. The first-order chi connectivity index (χ1) is 12.4. The summed E-state index contributed by atoms with van der Waals surface area (Å²) in [6.07, 6.45) is -4.28. The first-order valence-electron chi connectivity index (χ1n) is 8.30. The monoisotopic (exact) mass is 403 g/mol. The molecule has 1 aliphatic rings. The molecule has 0 aliphatic heterocycles. The smallest absolute Gasteiger partial charge is 0.335 e. The van der Waals surface area contributed by atoms with E-state index in [-0.39, 0.29) is 16.9 Å². The third-order valence-electron chi connectivity index (χ3n) is 4.45. The molecule has 0 fully saturated rings. The Labute approximate surface area is 162 Å². The first kappa shape index (κ1) is 25.9. The van der Waals surface area contributed by atoms with Crippen molar-refractivity contribution in [2.45, 2.75) is 56.6 Å². The molecule has 9 N–H and O–H groups in total. The van der Waals surface area contributed by atoms with Crippen LogP contribution >= 0.6 is 0 Å². The van der Waals surface area contributed by atoms with Gasteiger partial charge in [0.1, 0.15) is 0 Å². The number of carboxylic acids is 2. The van der Waals surface area contributed by atoms with E-state index >= 15 is 0 Å². The predicted molar refractivity (Wildman–Crippen MR) is 98.6 cm³/mol. The second-order valence-corrected chi connectivity index (χ2v) is 7.10. The second kappa shape index (κ2) is 10.5. The van der Waals surface area contributed by atoms with Gasteiger partial charge in [0.2, 0.25) is 0 Å². The van der Waals surface area contributed by atoms with Gasteiger partial charge in [-0.25, -0.2) is 9.59 Å². The van der Waals surface area contributed by atoms with Crippen LogP contribution in [0.15, 0.2) is 18.2 Å². The Kier molecular flexibility index (Phi) is 9.68. The lowest BCUT2D eigenvalue weighted by molar-refractivity contribution is -0.165. The van der Waals surface area contributed by atoms with Crippen LogP contribution in [0, 0.1) is 0 Å². The normalized spacial score (nSPS) is 21.8. The third kappa shape index (κ3) is 6.23. The van der Waals surface area contributed by atoms with Crippen molar-refractivity contribution in [1.82, 2.24) is 0 Å². The zero-order chi connectivity index (χ0) is 20.9. The number of carbonyl (C=O) groups is 2. The molecule has 0 bridgehead atoms. The number of fused-ring (bicyclic) bond motifs is 1. The number of aliphatic hydroxyl groups is 3. The van der Waals surface area contributed by atoms with Crippen LogP contribution in [-0.4, -0.2) is 68.4 Å². The van der Waals surface area contributed by atoms with Crippen molar-refractivity contribution in [2.75, 3.05) is 7.11 Å². The van der Waals surface area contributed by atoms with E-state index in [4.69, 9.17) is 30.9 Å². The van der Waals surface area contributed by atoms with Crippen molar-refractivity contribution in [3.63, 3.8) is 0 Å². The van der Waals surface area contributed by atoms with E-state index in [9.17, 15) is 14.7 Å². The van der Waals surface area contributed by atoms with Gasteiger partial charge >= 0.3 is 11.9 Å². The Bertz CT molecular complexity index is 659. The molecule has 1 aliphatic carbocycles. The van der Waals surface area contributed by atoms with Gasteiger partial charge in [0, 0.05) is 7.11 Å². The number of methoxy groups -OCH3 is 1. The molecule has 4 atom stereocenters. The number of rotatable bonds is 5. The highest BCUT2D eigenvalue weighted by atomic mass is 16.5. The Morgan fingerprint density at radius 2 is 1.71 bits per heavy atom. The summed E-state index contributed by atoms with van der Waals surface area (Å²) in [4.78, 5) is 19.5. The van der Waals surface area contributed by atoms with Gasteiger partial charge in [0.15, 0.2) is 12.2 Å². The van der Waals surface area contributed by atoms with Crippen LogP contribution in [0.3, 0.4) is 0 Å². The zero-order valence-electron chi connectivity index (χ0n) is 16.0. The van der Waals surface area contributed by atoms with Crippen molar-refractivity contribution in [3.8, 4) is 0 Å². The molecule has 0 radical (unpaired) electrons. The van der Waals surface area contributed by atoms with E-state index in [1.165, 1.54) is 5.56 Å². The van der Waals surface area contributed by atoms with E-state index in [0.29, 0.717) is 13.0 Å². The molecule has 28 heavy (non-hydrogen) atoms. The maximum atomic E-state index is 10.0. The molecule has 10 heteroatoms. The molecule has 160 valence electrons. The topological polar surface area (TPSA) is 202 Å². The minimum Gasteiger partial charge on any atom is -0.479 e. The Balaban J connectivity index is 0.000000577. The minimum absolute atomic E-state index is 0. The minimum atomic E-state index is -2.27. The summed E-state index contributed by atoms with van der Waals surface area (Å²) in [6.45, 7) is 4.88. The lowest BCUT2D eigenvalue weighted by Crippen LogP contribution is -2.39. The van der Waals surface area contributed by atoms with E-state index in [2.05, 4.69) is 32.0 Å². The van der Waals surface area contributed by atoms with Gasteiger partial charge in [-0.15, -0.1) is 0 Å². The Hall–Kier alpha value is -2.08. The second-order valence-electron chi connectivity index (χ2n) is 7.10. The van der Waals surface area contributed by atoms with Crippen LogP contribution in [0.25, 0.3) is 0 Å². The summed E-state index contributed by atoms with van der Waals surface area (Å²) in [7, 11) is 1.68. The number of carboxylic acid groups (broad SMARTS) is 2. The van der Waals surface area contributed by atoms with E-state index in [1.807, 2.05) is 0 Å². The highest BCUT2D eigenvalue weighted by Crippen LogP contribution is 2.41. The van der Waals surface area contributed by atoms with E-state index < -0.39 is 30.3 Å². The highest BCUT2D eigenvalue weighted by molar-refractivity contribution is 5.83. The number of aliphatic carboxylic acids is 2. The number of ether oxygens (including phenoxy) is 1. The van der Waals surface area contributed by atoms with Crippen LogP contribution < -0.4 is 5.73 Å². The lowest BCUT2D eigenvalue weighted by Gasteiger charge is -2.39. The fourth-order valence-electron chi connectivity index (χ4n) is 3.00. The van der Waals surface area contributed by atoms with Crippen LogP contribution in [0.1, 0.15) is 43.0 Å². The summed E-state index contributed by atoms with van der Waals surface area (Å²) < 4.78 is 5.13. The number of benzene rings is 1. The molecular weight excluding hydrogens is 374 g/mol. The fourth-order valence-corrected chi connectivity index (χ4v) is 3.00. The van der Waals surface area contributed by atoms with E-state index in [1.54, 1.807) is 7.11 Å². The van der Waals surface area contributed by atoms with Crippen molar-refractivity contribution in [1.29, 1.82) is 0 Å². The maximum Gasteiger partial charge on any atom is 0.335 e. The van der Waals surface area contributed by atoms with Crippen molar-refractivity contribution >= 4 is 11.9 Å². The van der Waals surface area contributed by atoms with Crippen LogP contribution in [-0.2, 0) is 26.3 Å². The van der Waals surface area contributed by atoms with Crippen molar-refractivity contribution in [3.05, 3.63) is 34.9 Å². The van der Waals surface area contributed by atoms with Crippen LogP contribution in [0.4, 0.5) is 0 Å². The Morgan fingerprint density at radius 3 is 2.14 bits per heavy atom. The maximum absolute atomic E-state index is 10.0. The summed E-state index contributed by atoms with van der Waals surface area (Å²) in [6, 6.07) is 5.98. The largest absolute Gasteiger partial charge is 0.479 e. The van der Waals surface area contributed by atoms with Gasteiger partial charge in [0.25, 0.3) is 0 Å². The highest BCUT2D eigenvalue weighted by Gasteiger charge is 2.36. The SMILES string of the molecule is COCc1ccc2c(c1)[C@H](N)[C@@H](O)CC2(C)C.O.O=C(O)[C@H](O)[C@@H](O)C(=O)O. The quantitative estimate of drug-likeness (QED) is 0.354. The summed E-state index contributed by atoms with van der Waals surface area (Å²) in [5.74, 6) is -3.54. The number of hydrogen-bond donors (Lipinski definition) is 6. The average Bonchev–Trinajstić information content (AvgIpc) is 2.58. The van der Waals surface area contributed by atoms with Crippen molar-refractivity contribution < 1.29 is 45.3 Å². The summed E-state index contributed by atoms with van der Waals surface area (Å²) >= 11 is 0. The van der Waals surface area contributed by atoms with Gasteiger partial charge in [-0.3, -0.25) is 0 Å². The molecular formula is C18H29NO9. The summed E-state index contributed by atoms with van der Waals surface area (Å²) in [5.41, 5.74) is 9.48. The van der Waals surface area contributed by atoms with Crippen LogP contribution in [0.2, 0.25) is 0 Å². The standard InChI is InChI=1S/C14H21NO2.C4H6O6.H2O/c1-14(2)7-12(16)13(15)10-6-9(8-17-3)4-5-11(10)14;5-1(3(7)8)2(6)4(9)10;/h4-6,12-13,16H,7-8,15H2,1-3H3;1-2,5-6H,(H,7,8)(H,9,10);1H2/t12-,13-;1-,2-;/m01./s1. The van der Waals surface area contributed by atoms with E-state index in [0.717, 1.165) is 11.1 Å². The Morgan fingerprint density at radius 1 is 1.21 bits per heavy atom. The average molecular weight is 403 g/mol. The molecule has 1 aromatic rings. The molecule has 0 saturated heterocycles. The first-order valence-corrected chi connectivity index (χ1v) is 8.30. The fraction of sp³-hybridized carbons (Fsp3) is 0.556. The molecule has 0 unspecified atom stereocenters. The molecule has 1 aromatic carbocycles. The zero-order valence-corrected chi connectivity index (χ0v) is 16.0. The molecule has 0 aromatic heterocycles. The van der Waals surface area contributed by atoms with Gasteiger partial charge in [-0.1, -0.05) is 32.0 Å². The van der Waals surface area contributed by atoms with Gasteiger partial charge < -0.3 is 41.5 Å². The van der Waals surface area contributed by atoms with Gasteiger partial charge in [0.05, 0.1) is 18.8 Å². The molecule has 2 rings (SSSR count). The molecule has 0 amide bonds.